The topological polar surface area (TPSA) is 55.8 Å². The van der Waals surface area contributed by atoms with Gasteiger partial charge in [0, 0.05) is 37.6 Å². The van der Waals surface area contributed by atoms with E-state index in [9.17, 15) is 9.59 Å². The maximum absolute atomic E-state index is 16.0. The number of esters is 1. The molecular weight excluding hydrogens is 420 g/mol. The number of ether oxygens (including phenoxy) is 2. The zero-order valence-electron chi connectivity index (χ0n) is 17.1. The third-order valence-electron chi connectivity index (χ3n) is 4.47. The molecule has 1 heterocycles. The van der Waals surface area contributed by atoms with Gasteiger partial charge in [-0.3, -0.25) is 0 Å². The smallest absolute Gasteiger partial charge is 0.410 e. The summed E-state index contributed by atoms with van der Waals surface area (Å²) in [6.45, 7) is 7.50. The number of hydrogen-bond acceptors (Lipinski definition) is 4. The fourth-order valence-corrected chi connectivity index (χ4v) is 3.37. The average Bonchev–Trinajstić information content (AvgIpc) is 2.61. The minimum absolute atomic E-state index is 0.0116. The molecule has 1 amide bonds. The number of nitrogens with zero attached hydrogens (tertiary/aromatic N) is 1. The van der Waals surface area contributed by atoms with Gasteiger partial charge in [0.1, 0.15) is 11.3 Å². The number of carbonyl (C=O) groups is 2. The summed E-state index contributed by atoms with van der Waals surface area (Å²) in [4.78, 5) is 25.8. The van der Waals surface area contributed by atoms with Crippen LogP contribution >= 0.6 is 23.2 Å². The summed E-state index contributed by atoms with van der Waals surface area (Å²) in [6.07, 6.45) is 0.701. The number of amides is 1. The number of carbonyl (C=O) groups excluding carboxylic acids is 2. The molecule has 0 aliphatic carbocycles. The number of rotatable bonds is 4. The van der Waals surface area contributed by atoms with Crippen molar-refractivity contribution in [1.82, 2.24) is 4.90 Å². The quantitative estimate of drug-likeness (QED) is 0.441. The lowest BCUT2D eigenvalue weighted by atomic mass is 9.82. The Morgan fingerprint density at radius 2 is 1.83 bits per heavy atom. The largest absolute Gasteiger partial charge is 0.463 e. The first-order chi connectivity index (χ1) is 13.4. The highest BCUT2D eigenvalue weighted by Gasteiger charge is 2.41. The van der Waals surface area contributed by atoms with Crippen LogP contribution in [0.1, 0.15) is 46.1 Å². The molecule has 0 radical (unpaired) electrons. The summed E-state index contributed by atoms with van der Waals surface area (Å²) in [5.74, 6) is -0.639. The van der Waals surface area contributed by atoms with Crippen molar-refractivity contribution in [2.24, 2.45) is 0 Å². The van der Waals surface area contributed by atoms with Crippen molar-refractivity contribution in [1.29, 1.82) is 0 Å². The van der Waals surface area contributed by atoms with Gasteiger partial charge in [0.25, 0.3) is 0 Å². The van der Waals surface area contributed by atoms with Crippen LogP contribution in [0, 0.1) is 0 Å². The number of piperidine rings is 1. The highest BCUT2D eigenvalue weighted by molar-refractivity contribution is 6.42. The molecule has 0 spiro atoms. The Bertz CT molecular complexity index is 796. The molecule has 1 aromatic rings. The first kappa shape index (κ1) is 23.5. The summed E-state index contributed by atoms with van der Waals surface area (Å²) >= 11 is 12.1. The summed E-state index contributed by atoms with van der Waals surface area (Å²) in [5, 5.41) is 0.590. The number of likely N-dealkylation sites (tertiary alicyclic amines) is 1. The average molecular weight is 446 g/mol. The van der Waals surface area contributed by atoms with Gasteiger partial charge in [-0.15, -0.1) is 0 Å². The lowest BCUT2D eigenvalue weighted by Crippen LogP contribution is -2.46. The molecule has 0 saturated carbocycles. The van der Waals surface area contributed by atoms with Crippen LogP contribution in [-0.4, -0.2) is 47.9 Å². The third kappa shape index (κ3) is 6.34. The van der Waals surface area contributed by atoms with Crippen LogP contribution in [-0.2, 0) is 14.3 Å². The van der Waals surface area contributed by atoms with Crippen LogP contribution < -0.4 is 0 Å². The van der Waals surface area contributed by atoms with E-state index in [-0.39, 0.29) is 43.1 Å². The number of hydrogen-bond donors (Lipinski definition) is 0. The Hall–Kier alpha value is -1.79. The van der Waals surface area contributed by atoms with Gasteiger partial charge in [-0.2, -0.15) is 0 Å². The lowest BCUT2D eigenvalue weighted by molar-refractivity contribution is -0.137. The Morgan fingerprint density at radius 1 is 1.21 bits per heavy atom. The van der Waals surface area contributed by atoms with Gasteiger partial charge in [0.05, 0.1) is 16.7 Å². The van der Waals surface area contributed by atoms with Crippen molar-refractivity contribution in [3.63, 3.8) is 0 Å². The number of allylic oxidation sites excluding steroid dienone is 1. The minimum atomic E-state index is -1.83. The molecule has 1 saturated heterocycles. The van der Waals surface area contributed by atoms with Crippen molar-refractivity contribution in [2.45, 2.75) is 51.8 Å². The fourth-order valence-electron chi connectivity index (χ4n) is 3.08. The van der Waals surface area contributed by atoms with Crippen LogP contribution in [0.5, 0.6) is 0 Å². The lowest BCUT2D eigenvalue weighted by Gasteiger charge is -2.38. The van der Waals surface area contributed by atoms with Crippen LogP contribution in [0.4, 0.5) is 9.18 Å². The van der Waals surface area contributed by atoms with Crippen LogP contribution in [0.3, 0.4) is 0 Å². The van der Waals surface area contributed by atoms with E-state index in [0.717, 1.165) is 6.08 Å². The molecule has 160 valence electrons. The van der Waals surface area contributed by atoms with E-state index >= 15 is 4.39 Å². The van der Waals surface area contributed by atoms with E-state index in [0.29, 0.717) is 10.6 Å². The van der Waals surface area contributed by atoms with E-state index in [1.807, 2.05) is 0 Å². The van der Waals surface area contributed by atoms with Crippen molar-refractivity contribution in [3.8, 4) is 0 Å². The molecular formula is C21H26Cl2FNO4. The molecule has 0 N–H and O–H groups in total. The molecule has 1 aliphatic heterocycles. The predicted octanol–water partition coefficient (Wildman–Crippen LogP) is 5.68. The fraction of sp³-hybridized carbons (Fsp3) is 0.524. The van der Waals surface area contributed by atoms with Gasteiger partial charge in [0.15, 0.2) is 0 Å². The Kier molecular flexibility index (Phi) is 7.57. The van der Waals surface area contributed by atoms with Gasteiger partial charge in [-0.1, -0.05) is 29.3 Å². The molecule has 5 nitrogen and oxygen atoms in total. The minimum Gasteiger partial charge on any atom is -0.463 e. The number of benzene rings is 1. The van der Waals surface area contributed by atoms with Gasteiger partial charge in [-0.05, 0) is 45.4 Å². The molecule has 0 bridgehead atoms. The van der Waals surface area contributed by atoms with Crippen molar-refractivity contribution in [2.75, 3.05) is 19.7 Å². The zero-order valence-corrected chi connectivity index (χ0v) is 18.6. The zero-order chi connectivity index (χ0) is 21.8. The van der Waals surface area contributed by atoms with E-state index in [2.05, 4.69) is 0 Å². The second kappa shape index (κ2) is 9.35. The molecule has 1 fully saturated rings. The van der Waals surface area contributed by atoms with Gasteiger partial charge >= 0.3 is 12.1 Å². The molecule has 2 rings (SSSR count). The van der Waals surface area contributed by atoms with E-state index < -0.39 is 23.3 Å². The van der Waals surface area contributed by atoms with Crippen LogP contribution in [0.2, 0.25) is 10.0 Å². The first-order valence-corrected chi connectivity index (χ1v) is 10.2. The van der Waals surface area contributed by atoms with Crippen LogP contribution in [0.15, 0.2) is 24.3 Å². The van der Waals surface area contributed by atoms with Crippen LogP contribution in [0.25, 0.3) is 5.57 Å². The molecule has 1 aliphatic rings. The first-order valence-electron chi connectivity index (χ1n) is 9.46. The van der Waals surface area contributed by atoms with Crippen molar-refractivity contribution >= 4 is 40.8 Å². The monoisotopic (exact) mass is 445 g/mol. The highest BCUT2D eigenvalue weighted by atomic mass is 35.5. The second-order valence-electron chi connectivity index (χ2n) is 7.87. The van der Waals surface area contributed by atoms with Gasteiger partial charge < -0.3 is 14.4 Å². The maximum Gasteiger partial charge on any atom is 0.410 e. The number of halogens is 3. The number of alkyl halides is 1. The third-order valence-corrected chi connectivity index (χ3v) is 5.21. The Labute approximate surface area is 180 Å². The summed E-state index contributed by atoms with van der Waals surface area (Å²) in [6, 6.07) is 4.69. The summed E-state index contributed by atoms with van der Waals surface area (Å²) in [7, 11) is 0. The van der Waals surface area contributed by atoms with E-state index in [1.54, 1.807) is 39.8 Å². The van der Waals surface area contributed by atoms with Crippen molar-refractivity contribution in [3.05, 3.63) is 39.9 Å². The molecule has 0 aromatic heterocycles. The Morgan fingerprint density at radius 3 is 2.34 bits per heavy atom. The van der Waals surface area contributed by atoms with E-state index in [1.165, 1.54) is 11.0 Å². The van der Waals surface area contributed by atoms with Gasteiger partial charge in [0.2, 0.25) is 0 Å². The maximum atomic E-state index is 16.0. The summed E-state index contributed by atoms with van der Waals surface area (Å²) in [5.41, 5.74) is -1.85. The highest BCUT2D eigenvalue weighted by Crippen LogP contribution is 2.41. The predicted molar refractivity (Wildman–Crippen MR) is 112 cm³/mol. The molecule has 8 heteroatoms. The molecule has 0 atom stereocenters. The van der Waals surface area contributed by atoms with Crippen molar-refractivity contribution < 1.29 is 23.5 Å². The normalized spacial score (nSPS) is 17.1. The molecule has 0 unspecified atom stereocenters. The van der Waals surface area contributed by atoms with E-state index in [4.69, 9.17) is 32.7 Å². The second-order valence-corrected chi connectivity index (χ2v) is 8.69. The van der Waals surface area contributed by atoms with Gasteiger partial charge in [-0.25, -0.2) is 14.0 Å². The SMILES string of the molecule is CCOC(=O)C=C(c1ccc(Cl)c(Cl)c1)C1(F)CCN(C(=O)OC(C)(C)C)CC1. The molecule has 1 aromatic carbocycles. The Balaban J connectivity index is 2.28. The summed E-state index contributed by atoms with van der Waals surface area (Å²) < 4.78 is 26.3. The standard InChI is InChI=1S/C21H26Cl2FNO4/c1-5-28-18(26)13-15(14-6-7-16(22)17(23)12-14)21(24)8-10-25(11-9-21)19(27)29-20(2,3)4/h6-7,12-13H,5,8-11H2,1-4H3. The molecule has 29 heavy (non-hydrogen) atoms.